The summed E-state index contributed by atoms with van der Waals surface area (Å²) >= 11 is 0. The lowest BCUT2D eigenvalue weighted by molar-refractivity contribution is -0.145. The number of nitrogens with one attached hydrogen (secondary N) is 1. The van der Waals surface area contributed by atoms with Crippen LogP contribution in [0.25, 0.3) is 10.8 Å². The van der Waals surface area contributed by atoms with E-state index in [1.165, 1.54) is 5.01 Å². The van der Waals surface area contributed by atoms with Gasteiger partial charge < -0.3 is 4.74 Å². The number of benzene rings is 2. The van der Waals surface area contributed by atoms with Gasteiger partial charge in [0.05, 0.1) is 13.0 Å². The highest BCUT2D eigenvalue weighted by atomic mass is 16.5. The minimum absolute atomic E-state index is 0.178. The number of fused-ring (bicyclic) bond motifs is 1. The third-order valence-corrected chi connectivity index (χ3v) is 4.42. The molecule has 24 heavy (non-hydrogen) atoms. The number of methoxy groups -OCH3 is 1. The van der Waals surface area contributed by atoms with Gasteiger partial charge in [-0.05, 0) is 49.2 Å². The van der Waals surface area contributed by atoms with E-state index in [1.54, 1.807) is 7.11 Å². The highest BCUT2D eigenvalue weighted by Crippen LogP contribution is 2.28. The van der Waals surface area contributed by atoms with Crippen LogP contribution in [0.15, 0.2) is 36.4 Å². The summed E-state index contributed by atoms with van der Waals surface area (Å²) in [6.07, 6.45) is 0.322. The molecule has 1 N–H and O–H groups in total. The largest absolute Gasteiger partial charge is 0.497 e. The Morgan fingerprint density at radius 1 is 1.21 bits per heavy atom. The average Bonchev–Trinajstić information content (AvgIpc) is 2.85. The van der Waals surface area contributed by atoms with E-state index in [0.717, 1.165) is 22.1 Å². The molecule has 2 aromatic carbocycles. The Kier molecular flexibility index (Phi) is 4.05. The Morgan fingerprint density at radius 3 is 2.50 bits per heavy atom. The zero-order valence-corrected chi connectivity index (χ0v) is 14.4. The Hall–Kier alpha value is -2.40. The van der Waals surface area contributed by atoms with Gasteiger partial charge in [-0.1, -0.05) is 24.3 Å². The highest BCUT2D eigenvalue weighted by Gasteiger charge is 2.40. The number of imide groups is 1. The normalized spacial score (nSPS) is 18.0. The maximum Gasteiger partial charge on any atom is 0.251 e. The molecular weight excluding hydrogens is 304 g/mol. The monoisotopic (exact) mass is 326 g/mol. The van der Waals surface area contributed by atoms with Gasteiger partial charge in [0.25, 0.3) is 5.91 Å². The summed E-state index contributed by atoms with van der Waals surface area (Å²) in [5.41, 5.74) is 3.50. The van der Waals surface area contributed by atoms with E-state index >= 15 is 0 Å². The third-order valence-electron chi connectivity index (χ3n) is 4.42. The fourth-order valence-electron chi connectivity index (χ4n) is 3.01. The molecule has 2 aromatic rings. The Labute approximate surface area is 141 Å². The van der Waals surface area contributed by atoms with Crippen molar-refractivity contribution in [2.45, 2.75) is 38.6 Å². The average molecular weight is 326 g/mol. The first-order chi connectivity index (χ1) is 11.3. The number of hydrogen-bond acceptors (Lipinski definition) is 4. The van der Waals surface area contributed by atoms with Gasteiger partial charge in [0.1, 0.15) is 5.75 Å². The van der Waals surface area contributed by atoms with Crippen LogP contribution in [0.4, 0.5) is 0 Å². The lowest BCUT2D eigenvalue weighted by Crippen LogP contribution is -2.47. The van der Waals surface area contributed by atoms with Gasteiger partial charge >= 0.3 is 0 Å². The number of amides is 2. The summed E-state index contributed by atoms with van der Waals surface area (Å²) in [7, 11) is 1.64. The zero-order chi connectivity index (χ0) is 17.5. The van der Waals surface area contributed by atoms with Crippen molar-refractivity contribution in [2.24, 2.45) is 0 Å². The molecule has 3 rings (SSSR count). The van der Waals surface area contributed by atoms with Crippen molar-refractivity contribution in [1.82, 2.24) is 10.4 Å². The lowest BCUT2D eigenvalue weighted by atomic mass is 9.97. The molecule has 0 spiro atoms. The van der Waals surface area contributed by atoms with Gasteiger partial charge in [-0.2, -0.15) is 0 Å². The van der Waals surface area contributed by atoms with Crippen LogP contribution >= 0.6 is 0 Å². The smallest absolute Gasteiger partial charge is 0.251 e. The third kappa shape index (κ3) is 2.99. The molecule has 1 fully saturated rings. The quantitative estimate of drug-likeness (QED) is 0.942. The van der Waals surface area contributed by atoms with Gasteiger partial charge in [-0.3, -0.25) is 9.59 Å². The van der Waals surface area contributed by atoms with Crippen molar-refractivity contribution < 1.29 is 14.3 Å². The van der Waals surface area contributed by atoms with Crippen LogP contribution in [-0.2, 0) is 9.59 Å². The molecule has 1 heterocycles. The Bertz CT molecular complexity index is 813. The molecule has 2 amide bonds. The van der Waals surface area contributed by atoms with E-state index in [1.807, 2.05) is 57.2 Å². The van der Waals surface area contributed by atoms with Crippen LogP contribution in [0.2, 0.25) is 0 Å². The second-order valence-electron chi connectivity index (χ2n) is 6.93. The van der Waals surface area contributed by atoms with Gasteiger partial charge in [0, 0.05) is 12.0 Å². The molecule has 0 radical (unpaired) electrons. The number of hydrazine groups is 1. The molecular formula is C19H22N2O3. The molecule has 0 aromatic heterocycles. The van der Waals surface area contributed by atoms with E-state index in [2.05, 4.69) is 5.43 Å². The molecule has 1 saturated heterocycles. The molecule has 1 atom stereocenters. The molecule has 0 aliphatic carbocycles. The molecule has 1 aliphatic heterocycles. The van der Waals surface area contributed by atoms with E-state index in [0.29, 0.717) is 6.42 Å². The van der Waals surface area contributed by atoms with Crippen molar-refractivity contribution in [3.05, 3.63) is 42.0 Å². The fourth-order valence-corrected chi connectivity index (χ4v) is 3.01. The first kappa shape index (κ1) is 16.5. The summed E-state index contributed by atoms with van der Waals surface area (Å²) < 4.78 is 5.23. The Morgan fingerprint density at radius 2 is 1.88 bits per heavy atom. The van der Waals surface area contributed by atoms with E-state index < -0.39 is 5.92 Å². The number of hydrogen-bond donors (Lipinski definition) is 1. The van der Waals surface area contributed by atoms with E-state index in [4.69, 9.17) is 4.74 Å². The summed E-state index contributed by atoms with van der Waals surface area (Å²) in [5, 5.41) is 3.26. The maximum absolute atomic E-state index is 12.7. The van der Waals surface area contributed by atoms with Crippen LogP contribution in [0.5, 0.6) is 5.75 Å². The standard InChI is InChI=1S/C19H22N2O3/c1-12(18(23)21-17(22)11-19(2,3)20-21)13-5-6-15-10-16(24-4)8-7-14(15)9-13/h5-10,12,20H,11H2,1-4H3/t12-/m0/s1. The minimum atomic E-state index is -0.401. The Balaban J connectivity index is 1.87. The van der Waals surface area contributed by atoms with Crippen LogP contribution in [0.3, 0.4) is 0 Å². The van der Waals surface area contributed by atoms with E-state index in [-0.39, 0.29) is 17.4 Å². The summed E-state index contributed by atoms with van der Waals surface area (Å²) in [6.45, 7) is 5.64. The fraction of sp³-hybridized carbons (Fsp3) is 0.368. The first-order valence-corrected chi connectivity index (χ1v) is 8.03. The number of ether oxygens (including phenoxy) is 1. The molecule has 0 saturated carbocycles. The van der Waals surface area contributed by atoms with Crippen LogP contribution < -0.4 is 10.2 Å². The van der Waals surface area contributed by atoms with Gasteiger partial charge in [0.15, 0.2) is 0 Å². The predicted molar refractivity (Wildman–Crippen MR) is 92.6 cm³/mol. The lowest BCUT2D eigenvalue weighted by Gasteiger charge is -2.23. The topological polar surface area (TPSA) is 58.6 Å². The van der Waals surface area contributed by atoms with Crippen molar-refractivity contribution in [1.29, 1.82) is 0 Å². The summed E-state index contributed by atoms with van der Waals surface area (Å²) in [5.74, 6) is -0.00358. The van der Waals surface area contributed by atoms with Crippen molar-refractivity contribution in [2.75, 3.05) is 7.11 Å². The van der Waals surface area contributed by atoms with Crippen molar-refractivity contribution in [3.8, 4) is 5.75 Å². The predicted octanol–water partition coefficient (Wildman–Crippen LogP) is 2.99. The number of nitrogens with zero attached hydrogens (tertiary/aromatic N) is 1. The minimum Gasteiger partial charge on any atom is -0.497 e. The van der Waals surface area contributed by atoms with Crippen LogP contribution in [0, 0.1) is 0 Å². The van der Waals surface area contributed by atoms with Gasteiger partial charge in [-0.15, -0.1) is 0 Å². The molecule has 5 heteroatoms. The van der Waals surface area contributed by atoms with Gasteiger partial charge in [-0.25, -0.2) is 10.4 Å². The first-order valence-electron chi connectivity index (χ1n) is 8.03. The van der Waals surface area contributed by atoms with Crippen molar-refractivity contribution >= 4 is 22.6 Å². The molecule has 0 bridgehead atoms. The summed E-state index contributed by atoms with van der Waals surface area (Å²) in [6, 6.07) is 11.7. The number of carbonyl (C=O) groups is 2. The van der Waals surface area contributed by atoms with Crippen molar-refractivity contribution in [3.63, 3.8) is 0 Å². The highest BCUT2D eigenvalue weighted by molar-refractivity contribution is 6.00. The molecule has 126 valence electrons. The maximum atomic E-state index is 12.7. The summed E-state index contributed by atoms with van der Waals surface area (Å²) in [4.78, 5) is 24.8. The second-order valence-corrected chi connectivity index (χ2v) is 6.93. The molecule has 5 nitrogen and oxygen atoms in total. The zero-order valence-electron chi connectivity index (χ0n) is 14.4. The number of rotatable bonds is 3. The van der Waals surface area contributed by atoms with Crippen LogP contribution in [0.1, 0.15) is 38.7 Å². The van der Waals surface area contributed by atoms with E-state index in [9.17, 15) is 9.59 Å². The second kappa shape index (κ2) is 5.91. The SMILES string of the molecule is COc1ccc2cc([C@H](C)C(=O)N3NC(C)(C)CC3=O)ccc2c1. The molecule has 0 unspecified atom stereocenters. The van der Waals surface area contributed by atoms with Crippen LogP contribution in [-0.4, -0.2) is 29.5 Å². The molecule has 1 aliphatic rings. The number of carbonyl (C=O) groups excluding carboxylic acids is 2. The van der Waals surface area contributed by atoms with Gasteiger partial charge in [0.2, 0.25) is 5.91 Å².